The summed E-state index contributed by atoms with van der Waals surface area (Å²) in [6.45, 7) is 5.41. The van der Waals surface area contributed by atoms with Gasteiger partial charge in [-0.3, -0.25) is 4.79 Å². The van der Waals surface area contributed by atoms with Crippen LogP contribution in [0.5, 0.6) is 0 Å². The number of nitrogens with zero attached hydrogens (tertiary/aromatic N) is 1. The molecule has 4 heteroatoms. The van der Waals surface area contributed by atoms with Gasteiger partial charge >= 0.3 is 0 Å². The number of amides is 1. The van der Waals surface area contributed by atoms with E-state index in [0.29, 0.717) is 18.8 Å². The highest BCUT2D eigenvalue weighted by molar-refractivity contribution is 8.00. The summed E-state index contributed by atoms with van der Waals surface area (Å²) in [5.41, 5.74) is 5.65. The number of thioether (sulfide) groups is 1. The Kier molecular flexibility index (Phi) is 5.69. The summed E-state index contributed by atoms with van der Waals surface area (Å²) in [6.07, 6.45) is 0. The standard InChI is InChI=1S/C14H22N2OS/c1-14(2,10-15)11-16(3)13(17)9-18-12-7-5-4-6-8-12/h4-8H,9-11,15H2,1-3H3. The first-order chi connectivity index (χ1) is 8.44. The summed E-state index contributed by atoms with van der Waals surface area (Å²) in [5, 5.41) is 0. The average molecular weight is 266 g/mol. The van der Waals surface area contributed by atoms with Gasteiger partial charge in [-0.05, 0) is 24.1 Å². The second-order valence-electron chi connectivity index (χ2n) is 5.22. The van der Waals surface area contributed by atoms with Gasteiger partial charge in [0.15, 0.2) is 0 Å². The minimum atomic E-state index is -0.0260. The molecule has 0 heterocycles. The van der Waals surface area contributed by atoms with Gasteiger partial charge in [-0.1, -0.05) is 32.0 Å². The third kappa shape index (κ3) is 5.10. The molecule has 0 aliphatic rings. The number of carbonyl (C=O) groups is 1. The molecule has 1 rings (SSSR count). The van der Waals surface area contributed by atoms with Gasteiger partial charge in [0.2, 0.25) is 5.91 Å². The van der Waals surface area contributed by atoms with E-state index in [0.717, 1.165) is 4.90 Å². The summed E-state index contributed by atoms with van der Waals surface area (Å²) < 4.78 is 0. The molecule has 1 aromatic rings. The Morgan fingerprint density at radius 3 is 2.50 bits per heavy atom. The molecule has 0 aliphatic carbocycles. The molecule has 0 saturated carbocycles. The third-order valence-electron chi connectivity index (χ3n) is 2.75. The van der Waals surface area contributed by atoms with Gasteiger partial charge in [-0.15, -0.1) is 11.8 Å². The van der Waals surface area contributed by atoms with Crippen molar-refractivity contribution in [3.05, 3.63) is 30.3 Å². The third-order valence-corrected chi connectivity index (χ3v) is 3.75. The zero-order valence-electron chi connectivity index (χ0n) is 11.3. The van der Waals surface area contributed by atoms with Crippen molar-refractivity contribution in [3.8, 4) is 0 Å². The topological polar surface area (TPSA) is 46.3 Å². The van der Waals surface area contributed by atoms with E-state index < -0.39 is 0 Å². The Morgan fingerprint density at radius 1 is 1.33 bits per heavy atom. The van der Waals surface area contributed by atoms with E-state index in [1.807, 2.05) is 37.4 Å². The van der Waals surface area contributed by atoms with Crippen molar-refractivity contribution >= 4 is 17.7 Å². The van der Waals surface area contributed by atoms with E-state index >= 15 is 0 Å². The molecular weight excluding hydrogens is 244 g/mol. The lowest BCUT2D eigenvalue weighted by Crippen LogP contribution is -2.40. The fourth-order valence-electron chi connectivity index (χ4n) is 1.57. The van der Waals surface area contributed by atoms with Gasteiger partial charge in [-0.2, -0.15) is 0 Å². The van der Waals surface area contributed by atoms with Crippen molar-refractivity contribution in [1.82, 2.24) is 4.90 Å². The van der Waals surface area contributed by atoms with Gasteiger partial charge in [0.1, 0.15) is 0 Å². The van der Waals surface area contributed by atoms with Crippen LogP contribution in [0, 0.1) is 5.41 Å². The Morgan fingerprint density at radius 2 is 1.94 bits per heavy atom. The largest absolute Gasteiger partial charge is 0.344 e. The SMILES string of the molecule is CN(CC(C)(C)CN)C(=O)CSc1ccccc1. The van der Waals surface area contributed by atoms with Gasteiger partial charge in [0.25, 0.3) is 0 Å². The molecule has 0 saturated heterocycles. The molecule has 0 unspecified atom stereocenters. The van der Waals surface area contributed by atoms with Crippen molar-refractivity contribution in [2.24, 2.45) is 11.1 Å². The Labute approximate surface area is 114 Å². The lowest BCUT2D eigenvalue weighted by molar-refractivity contribution is -0.128. The molecule has 2 N–H and O–H groups in total. The number of hydrogen-bond donors (Lipinski definition) is 1. The number of carbonyl (C=O) groups excluding carboxylic acids is 1. The minimum absolute atomic E-state index is 0.0260. The average Bonchev–Trinajstić information content (AvgIpc) is 2.36. The maximum atomic E-state index is 12.0. The van der Waals surface area contributed by atoms with Crippen LogP contribution in [0.1, 0.15) is 13.8 Å². The van der Waals surface area contributed by atoms with Crippen LogP contribution in [0.3, 0.4) is 0 Å². The molecule has 100 valence electrons. The smallest absolute Gasteiger partial charge is 0.232 e. The predicted octanol–water partition coefficient (Wildman–Crippen LogP) is 2.22. The normalized spacial score (nSPS) is 11.3. The minimum Gasteiger partial charge on any atom is -0.344 e. The number of hydrogen-bond acceptors (Lipinski definition) is 3. The van der Waals surface area contributed by atoms with Crippen molar-refractivity contribution in [3.63, 3.8) is 0 Å². The van der Waals surface area contributed by atoms with E-state index in [2.05, 4.69) is 13.8 Å². The highest BCUT2D eigenvalue weighted by atomic mass is 32.2. The highest BCUT2D eigenvalue weighted by Crippen LogP contribution is 2.19. The Hall–Kier alpha value is -1.00. The van der Waals surface area contributed by atoms with Gasteiger partial charge in [0, 0.05) is 18.5 Å². The lowest BCUT2D eigenvalue weighted by atomic mass is 9.93. The zero-order chi connectivity index (χ0) is 13.6. The second-order valence-corrected chi connectivity index (χ2v) is 6.27. The summed E-state index contributed by atoms with van der Waals surface area (Å²) in [5.74, 6) is 0.617. The van der Waals surface area contributed by atoms with E-state index in [4.69, 9.17) is 5.73 Å². The maximum Gasteiger partial charge on any atom is 0.232 e. The molecule has 0 spiro atoms. The summed E-state index contributed by atoms with van der Waals surface area (Å²) in [7, 11) is 1.84. The fraction of sp³-hybridized carbons (Fsp3) is 0.500. The maximum absolute atomic E-state index is 12.0. The highest BCUT2D eigenvalue weighted by Gasteiger charge is 2.20. The summed E-state index contributed by atoms with van der Waals surface area (Å²) in [6, 6.07) is 9.97. The van der Waals surface area contributed by atoms with Crippen LogP contribution in [-0.2, 0) is 4.79 Å². The van der Waals surface area contributed by atoms with E-state index in [9.17, 15) is 4.79 Å². The summed E-state index contributed by atoms with van der Waals surface area (Å²) >= 11 is 1.57. The van der Waals surface area contributed by atoms with Crippen molar-refractivity contribution in [2.75, 3.05) is 25.9 Å². The fourth-order valence-corrected chi connectivity index (χ4v) is 2.43. The first-order valence-corrected chi connectivity index (χ1v) is 7.05. The molecule has 1 amide bonds. The van der Waals surface area contributed by atoms with Crippen LogP contribution in [0.25, 0.3) is 0 Å². The lowest BCUT2D eigenvalue weighted by Gasteiger charge is -2.29. The van der Waals surface area contributed by atoms with Crippen LogP contribution in [0.4, 0.5) is 0 Å². The van der Waals surface area contributed by atoms with Gasteiger partial charge in [0.05, 0.1) is 5.75 Å². The number of rotatable bonds is 6. The molecule has 18 heavy (non-hydrogen) atoms. The second kappa shape index (κ2) is 6.81. The Bertz CT molecular complexity index is 379. The first-order valence-electron chi connectivity index (χ1n) is 6.06. The Balaban J connectivity index is 2.41. The molecular formula is C14H22N2OS. The van der Waals surface area contributed by atoms with Gasteiger partial charge in [-0.25, -0.2) is 0 Å². The van der Waals surface area contributed by atoms with Crippen LogP contribution < -0.4 is 5.73 Å². The quantitative estimate of drug-likeness (QED) is 0.803. The molecule has 0 radical (unpaired) electrons. The number of benzene rings is 1. The number of nitrogens with two attached hydrogens (primary N) is 1. The first kappa shape index (κ1) is 15.1. The zero-order valence-corrected chi connectivity index (χ0v) is 12.2. The molecule has 1 aromatic carbocycles. The molecule has 0 bridgehead atoms. The van der Waals surface area contributed by atoms with Crippen molar-refractivity contribution in [2.45, 2.75) is 18.7 Å². The van der Waals surface area contributed by atoms with Crippen molar-refractivity contribution < 1.29 is 4.79 Å². The van der Waals surface area contributed by atoms with Crippen LogP contribution in [0.2, 0.25) is 0 Å². The molecule has 0 aliphatic heterocycles. The molecule has 0 fully saturated rings. The predicted molar refractivity (Wildman–Crippen MR) is 77.6 cm³/mol. The van der Waals surface area contributed by atoms with Crippen molar-refractivity contribution in [1.29, 1.82) is 0 Å². The molecule has 3 nitrogen and oxygen atoms in total. The monoisotopic (exact) mass is 266 g/mol. The summed E-state index contributed by atoms with van der Waals surface area (Å²) in [4.78, 5) is 14.9. The van der Waals surface area contributed by atoms with Crippen LogP contribution >= 0.6 is 11.8 Å². The van der Waals surface area contributed by atoms with E-state index in [1.54, 1.807) is 16.7 Å². The molecule has 0 aromatic heterocycles. The van der Waals surface area contributed by atoms with E-state index in [1.165, 1.54) is 0 Å². The van der Waals surface area contributed by atoms with Crippen LogP contribution in [0.15, 0.2) is 35.2 Å². The van der Waals surface area contributed by atoms with E-state index in [-0.39, 0.29) is 11.3 Å². The van der Waals surface area contributed by atoms with Gasteiger partial charge < -0.3 is 10.6 Å². The van der Waals surface area contributed by atoms with Crippen LogP contribution in [-0.4, -0.2) is 36.7 Å². The molecule has 0 atom stereocenters.